The van der Waals surface area contributed by atoms with Gasteiger partial charge in [0.15, 0.2) is 0 Å². The first-order chi connectivity index (χ1) is 9.72. The molecule has 1 saturated heterocycles. The molecule has 2 fully saturated rings. The van der Waals surface area contributed by atoms with Gasteiger partial charge in [-0.25, -0.2) is 0 Å². The van der Waals surface area contributed by atoms with Crippen LogP contribution in [0, 0.1) is 5.92 Å². The van der Waals surface area contributed by atoms with Gasteiger partial charge in [-0.05, 0) is 50.4 Å². The summed E-state index contributed by atoms with van der Waals surface area (Å²) >= 11 is 0. The summed E-state index contributed by atoms with van der Waals surface area (Å²) in [5.74, 6) is 1.35. The molecular weight excluding hydrogens is 252 g/mol. The lowest BCUT2D eigenvalue weighted by Gasteiger charge is -2.16. The van der Waals surface area contributed by atoms with Gasteiger partial charge in [-0.2, -0.15) is 0 Å². The van der Waals surface area contributed by atoms with E-state index in [4.69, 9.17) is 4.74 Å². The van der Waals surface area contributed by atoms with E-state index in [0.717, 1.165) is 43.7 Å². The number of hydrogen-bond donors (Lipinski definition) is 2. The van der Waals surface area contributed by atoms with E-state index >= 15 is 0 Å². The normalized spacial score (nSPS) is 23.4. The number of hydrogen-bond acceptors (Lipinski definition) is 3. The summed E-state index contributed by atoms with van der Waals surface area (Å²) in [6.07, 6.45) is 3.43. The van der Waals surface area contributed by atoms with Crippen molar-refractivity contribution in [3.8, 4) is 5.75 Å². The summed E-state index contributed by atoms with van der Waals surface area (Å²) < 4.78 is 5.89. The van der Waals surface area contributed by atoms with Crippen LogP contribution in [0.15, 0.2) is 24.3 Å². The molecule has 1 aromatic carbocycles. The molecule has 2 aliphatic rings. The van der Waals surface area contributed by atoms with Gasteiger partial charge in [0.1, 0.15) is 11.9 Å². The van der Waals surface area contributed by atoms with Crippen LogP contribution in [0.25, 0.3) is 0 Å². The number of carbonyl (C=O) groups is 1. The molecule has 0 spiro atoms. The fourth-order valence-corrected chi connectivity index (χ4v) is 2.52. The maximum Gasteiger partial charge on any atom is 0.223 e. The third-order valence-electron chi connectivity index (χ3n) is 4.00. The van der Waals surface area contributed by atoms with E-state index in [9.17, 15) is 4.79 Å². The Hall–Kier alpha value is -1.55. The molecule has 2 atom stereocenters. The molecule has 1 amide bonds. The van der Waals surface area contributed by atoms with E-state index in [1.807, 2.05) is 31.2 Å². The number of carbonyl (C=O) groups excluding carboxylic acids is 1. The summed E-state index contributed by atoms with van der Waals surface area (Å²) in [6.45, 7) is 3.99. The summed E-state index contributed by atoms with van der Waals surface area (Å²) in [5, 5.41) is 6.35. The van der Waals surface area contributed by atoms with Gasteiger partial charge in [0, 0.05) is 12.5 Å². The molecule has 0 radical (unpaired) electrons. The largest absolute Gasteiger partial charge is 0.489 e. The zero-order valence-electron chi connectivity index (χ0n) is 11.9. The van der Waals surface area contributed by atoms with Gasteiger partial charge >= 0.3 is 0 Å². The minimum atomic E-state index is 0.0605. The molecule has 4 heteroatoms. The van der Waals surface area contributed by atoms with Crippen molar-refractivity contribution in [1.82, 2.24) is 10.6 Å². The quantitative estimate of drug-likeness (QED) is 0.863. The molecule has 1 saturated carbocycles. The molecule has 3 rings (SSSR count). The molecule has 4 nitrogen and oxygen atoms in total. The minimum Gasteiger partial charge on any atom is -0.489 e. The Morgan fingerprint density at radius 1 is 1.30 bits per heavy atom. The predicted octanol–water partition coefficient (Wildman–Crippen LogP) is 2.01. The minimum absolute atomic E-state index is 0.0605. The average Bonchev–Trinajstić information content (AvgIpc) is 3.19. The Labute approximate surface area is 119 Å². The van der Waals surface area contributed by atoms with Crippen molar-refractivity contribution in [3.63, 3.8) is 0 Å². The van der Waals surface area contributed by atoms with Gasteiger partial charge in [0.25, 0.3) is 0 Å². The number of benzene rings is 1. The van der Waals surface area contributed by atoms with E-state index in [0.29, 0.717) is 0 Å². The molecule has 108 valence electrons. The van der Waals surface area contributed by atoms with Crippen LogP contribution in [0.5, 0.6) is 5.75 Å². The third-order valence-corrected chi connectivity index (χ3v) is 4.00. The molecule has 0 bridgehead atoms. The molecule has 1 aliphatic carbocycles. The van der Waals surface area contributed by atoms with Crippen LogP contribution in [-0.2, 0) is 4.79 Å². The lowest BCUT2D eigenvalue weighted by atomic mass is 10.1. The Bertz CT molecular complexity index is 462. The fourth-order valence-electron chi connectivity index (χ4n) is 2.52. The maximum absolute atomic E-state index is 11.7. The zero-order valence-corrected chi connectivity index (χ0v) is 11.9. The highest BCUT2D eigenvalue weighted by molar-refractivity contribution is 5.81. The molecule has 1 heterocycles. The highest BCUT2D eigenvalue weighted by atomic mass is 16.5. The Morgan fingerprint density at radius 3 is 2.65 bits per heavy atom. The molecule has 1 unspecified atom stereocenters. The SMILES string of the molecule is C[C@H](NC(=O)C1CC1)c1ccc(OC2CCNC2)cc1. The molecule has 20 heavy (non-hydrogen) atoms. The number of ether oxygens (including phenoxy) is 1. The lowest BCUT2D eigenvalue weighted by Crippen LogP contribution is -2.27. The molecular formula is C16H22N2O2. The Morgan fingerprint density at radius 2 is 2.05 bits per heavy atom. The molecule has 2 N–H and O–H groups in total. The van der Waals surface area contributed by atoms with Crippen LogP contribution in [0.2, 0.25) is 0 Å². The van der Waals surface area contributed by atoms with Crippen molar-refractivity contribution in [2.75, 3.05) is 13.1 Å². The monoisotopic (exact) mass is 274 g/mol. The number of rotatable bonds is 5. The van der Waals surface area contributed by atoms with Crippen LogP contribution in [0.1, 0.15) is 37.8 Å². The van der Waals surface area contributed by atoms with E-state index in [1.54, 1.807) is 0 Å². The van der Waals surface area contributed by atoms with Crippen molar-refractivity contribution in [2.24, 2.45) is 5.92 Å². The van der Waals surface area contributed by atoms with Crippen LogP contribution in [0.4, 0.5) is 0 Å². The van der Waals surface area contributed by atoms with E-state index in [-0.39, 0.29) is 24.0 Å². The maximum atomic E-state index is 11.7. The fraction of sp³-hybridized carbons (Fsp3) is 0.562. The van der Waals surface area contributed by atoms with Crippen LogP contribution >= 0.6 is 0 Å². The molecule has 1 aromatic rings. The van der Waals surface area contributed by atoms with E-state index in [1.165, 1.54) is 0 Å². The highest BCUT2D eigenvalue weighted by Gasteiger charge is 2.30. The smallest absolute Gasteiger partial charge is 0.223 e. The second-order valence-corrected chi connectivity index (χ2v) is 5.81. The molecule has 1 aliphatic heterocycles. The number of nitrogens with one attached hydrogen (secondary N) is 2. The van der Waals surface area contributed by atoms with Crippen molar-refractivity contribution in [1.29, 1.82) is 0 Å². The standard InChI is InChI=1S/C16H22N2O2/c1-11(18-16(19)13-2-3-13)12-4-6-14(7-5-12)20-15-8-9-17-10-15/h4-7,11,13,15,17H,2-3,8-10H2,1H3,(H,18,19)/t11-,15?/m0/s1. The summed E-state index contributed by atoms with van der Waals surface area (Å²) in [6, 6.07) is 8.12. The van der Waals surface area contributed by atoms with Crippen molar-refractivity contribution < 1.29 is 9.53 Å². The van der Waals surface area contributed by atoms with Crippen molar-refractivity contribution in [3.05, 3.63) is 29.8 Å². The topological polar surface area (TPSA) is 50.4 Å². The van der Waals surface area contributed by atoms with Gasteiger partial charge in [-0.3, -0.25) is 4.79 Å². The summed E-state index contributed by atoms with van der Waals surface area (Å²) in [7, 11) is 0. The number of amides is 1. The second-order valence-electron chi connectivity index (χ2n) is 5.81. The Balaban J connectivity index is 1.55. The first-order valence-electron chi connectivity index (χ1n) is 7.50. The van der Waals surface area contributed by atoms with Gasteiger partial charge in [0.2, 0.25) is 5.91 Å². The van der Waals surface area contributed by atoms with E-state index < -0.39 is 0 Å². The van der Waals surface area contributed by atoms with Gasteiger partial charge in [-0.15, -0.1) is 0 Å². The second kappa shape index (κ2) is 5.83. The van der Waals surface area contributed by atoms with Gasteiger partial charge < -0.3 is 15.4 Å². The van der Waals surface area contributed by atoms with Gasteiger partial charge in [-0.1, -0.05) is 12.1 Å². The lowest BCUT2D eigenvalue weighted by molar-refractivity contribution is -0.122. The highest BCUT2D eigenvalue weighted by Crippen LogP contribution is 2.30. The first-order valence-corrected chi connectivity index (χ1v) is 7.50. The first kappa shape index (κ1) is 13.4. The zero-order chi connectivity index (χ0) is 13.9. The predicted molar refractivity (Wildman–Crippen MR) is 77.6 cm³/mol. The Kier molecular flexibility index (Phi) is 3.92. The summed E-state index contributed by atoms with van der Waals surface area (Å²) in [5.41, 5.74) is 1.12. The third kappa shape index (κ3) is 3.31. The average molecular weight is 274 g/mol. The van der Waals surface area contributed by atoms with Crippen molar-refractivity contribution >= 4 is 5.91 Å². The van der Waals surface area contributed by atoms with E-state index in [2.05, 4.69) is 10.6 Å². The van der Waals surface area contributed by atoms with Crippen LogP contribution in [0.3, 0.4) is 0 Å². The molecule has 0 aromatic heterocycles. The summed E-state index contributed by atoms with van der Waals surface area (Å²) in [4.78, 5) is 11.7. The van der Waals surface area contributed by atoms with Crippen LogP contribution in [-0.4, -0.2) is 25.1 Å². The van der Waals surface area contributed by atoms with Crippen molar-refractivity contribution in [2.45, 2.75) is 38.3 Å². The van der Waals surface area contributed by atoms with Gasteiger partial charge in [0.05, 0.1) is 6.04 Å². The van der Waals surface area contributed by atoms with Crippen LogP contribution < -0.4 is 15.4 Å².